The van der Waals surface area contributed by atoms with Crippen molar-refractivity contribution in [3.05, 3.63) is 35.4 Å². The SMILES string of the molecule is CCC(=O)N1C(=O)OC2Cc3ccccc3[C@H]21. The number of carbonyl (C=O) groups is 2. The van der Waals surface area contributed by atoms with E-state index in [9.17, 15) is 9.59 Å². The minimum absolute atomic E-state index is 0.167. The van der Waals surface area contributed by atoms with Gasteiger partial charge in [0.1, 0.15) is 12.1 Å². The van der Waals surface area contributed by atoms with Gasteiger partial charge in [-0.15, -0.1) is 0 Å². The van der Waals surface area contributed by atoms with Crippen molar-refractivity contribution in [3.63, 3.8) is 0 Å². The maximum Gasteiger partial charge on any atom is 0.417 e. The second-order valence-electron chi connectivity index (χ2n) is 4.39. The van der Waals surface area contributed by atoms with Crippen LogP contribution in [-0.2, 0) is 16.0 Å². The van der Waals surface area contributed by atoms with Gasteiger partial charge in [0.15, 0.2) is 0 Å². The van der Waals surface area contributed by atoms with E-state index in [0.29, 0.717) is 12.8 Å². The van der Waals surface area contributed by atoms with Crippen molar-refractivity contribution >= 4 is 12.0 Å². The zero-order valence-electron chi connectivity index (χ0n) is 9.55. The number of hydrogen-bond donors (Lipinski definition) is 0. The third-order valence-corrected chi connectivity index (χ3v) is 3.45. The van der Waals surface area contributed by atoms with Gasteiger partial charge in [0, 0.05) is 12.8 Å². The van der Waals surface area contributed by atoms with Crippen molar-refractivity contribution in [3.8, 4) is 0 Å². The summed E-state index contributed by atoms with van der Waals surface area (Å²) >= 11 is 0. The van der Waals surface area contributed by atoms with E-state index < -0.39 is 6.09 Å². The summed E-state index contributed by atoms with van der Waals surface area (Å²) in [5.41, 5.74) is 2.22. The van der Waals surface area contributed by atoms with Crippen molar-refractivity contribution in [2.75, 3.05) is 0 Å². The third kappa shape index (κ3) is 1.37. The van der Waals surface area contributed by atoms with E-state index in [2.05, 4.69) is 0 Å². The van der Waals surface area contributed by atoms with Crippen LogP contribution >= 0.6 is 0 Å². The summed E-state index contributed by atoms with van der Waals surface area (Å²) in [7, 11) is 0. The Balaban J connectivity index is 2.03. The summed E-state index contributed by atoms with van der Waals surface area (Å²) in [6.07, 6.45) is 0.331. The lowest BCUT2D eigenvalue weighted by atomic mass is 10.1. The van der Waals surface area contributed by atoms with Crippen LogP contribution in [0.1, 0.15) is 30.5 Å². The smallest absolute Gasteiger partial charge is 0.417 e. The average Bonchev–Trinajstić information content (AvgIpc) is 2.82. The van der Waals surface area contributed by atoms with Crippen LogP contribution in [0.15, 0.2) is 24.3 Å². The minimum Gasteiger partial charge on any atom is -0.443 e. The van der Waals surface area contributed by atoms with E-state index in [1.807, 2.05) is 24.3 Å². The summed E-state index contributed by atoms with van der Waals surface area (Å²) in [6.45, 7) is 1.75. The van der Waals surface area contributed by atoms with Crippen molar-refractivity contribution < 1.29 is 14.3 Å². The molecule has 1 unspecified atom stereocenters. The molecule has 1 aromatic rings. The molecule has 0 N–H and O–H groups in total. The van der Waals surface area contributed by atoms with E-state index >= 15 is 0 Å². The molecule has 2 amide bonds. The van der Waals surface area contributed by atoms with E-state index in [-0.39, 0.29) is 18.1 Å². The fraction of sp³-hybridized carbons (Fsp3) is 0.385. The Hall–Kier alpha value is -1.84. The van der Waals surface area contributed by atoms with Crippen LogP contribution in [0.3, 0.4) is 0 Å². The lowest BCUT2D eigenvalue weighted by molar-refractivity contribution is -0.129. The molecule has 0 spiro atoms. The lowest BCUT2D eigenvalue weighted by Crippen LogP contribution is -2.33. The summed E-state index contributed by atoms with van der Waals surface area (Å²) in [4.78, 5) is 24.8. The van der Waals surface area contributed by atoms with E-state index in [1.54, 1.807) is 6.92 Å². The molecule has 0 bridgehead atoms. The van der Waals surface area contributed by atoms with Gasteiger partial charge in [-0.05, 0) is 11.1 Å². The first-order chi connectivity index (χ1) is 8.22. The van der Waals surface area contributed by atoms with Crippen LogP contribution < -0.4 is 0 Å². The van der Waals surface area contributed by atoms with Crippen LogP contribution in [0.25, 0.3) is 0 Å². The molecule has 1 aromatic carbocycles. The molecular weight excluding hydrogens is 218 g/mol. The number of imide groups is 1. The molecule has 88 valence electrons. The van der Waals surface area contributed by atoms with Gasteiger partial charge in [-0.3, -0.25) is 4.79 Å². The molecule has 4 heteroatoms. The Morgan fingerprint density at radius 2 is 2.24 bits per heavy atom. The number of ether oxygens (including phenoxy) is 1. The highest BCUT2D eigenvalue weighted by Crippen LogP contribution is 2.42. The second-order valence-corrected chi connectivity index (χ2v) is 4.39. The highest BCUT2D eigenvalue weighted by atomic mass is 16.6. The molecular formula is C13H13NO3. The number of rotatable bonds is 1. The first kappa shape index (κ1) is 10.3. The van der Waals surface area contributed by atoms with Crippen molar-refractivity contribution in [1.82, 2.24) is 4.90 Å². The van der Waals surface area contributed by atoms with Crippen molar-refractivity contribution in [1.29, 1.82) is 0 Å². The topological polar surface area (TPSA) is 46.6 Å². The van der Waals surface area contributed by atoms with Crippen molar-refractivity contribution in [2.24, 2.45) is 0 Å². The Morgan fingerprint density at radius 1 is 1.47 bits per heavy atom. The molecule has 0 radical (unpaired) electrons. The van der Waals surface area contributed by atoms with Gasteiger partial charge in [0.25, 0.3) is 0 Å². The minimum atomic E-state index is -0.499. The third-order valence-electron chi connectivity index (χ3n) is 3.45. The van der Waals surface area contributed by atoms with Crippen LogP contribution in [0.5, 0.6) is 0 Å². The molecule has 0 saturated carbocycles. The summed E-state index contributed by atoms with van der Waals surface area (Å²) in [5.74, 6) is -0.167. The molecule has 3 rings (SSSR count). The number of hydrogen-bond acceptors (Lipinski definition) is 3. The van der Waals surface area contributed by atoms with Gasteiger partial charge >= 0.3 is 6.09 Å². The largest absolute Gasteiger partial charge is 0.443 e. The summed E-state index contributed by atoms with van der Waals surface area (Å²) in [6, 6.07) is 7.67. The van der Waals surface area contributed by atoms with Crippen LogP contribution in [0.4, 0.5) is 4.79 Å². The highest BCUT2D eigenvalue weighted by Gasteiger charge is 2.49. The molecule has 0 aromatic heterocycles. The van der Waals surface area contributed by atoms with Gasteiger partial charge in [-0.2, -0.15) is 0 Å². The fourth-order valence-corrected chi connectivity index (χ4v) is 2.68. The van der Waals surface area contributed by atoms with Crippen LogP contribution in [0.2, 0.25) is 0 Å². The monoisotopic (exact) mass is 231 g/mol. The molecule has 2 aliphatic rings. The molecule has 2 atom stereocenters. The fourth-order valence-electron chi connectivity index (χ4n) is 2.68. The quantitative estimate of drug-likeness (QED) is 0.743. The zero-order chi connectivity index (χ0) is 12.0. The number of nitrogens with zero attached hydrogens (tertiary/aromatic N) is 1. The van der Waals surface area contributed by atoms with E-state index in [0.717, 1.165) is 5.56 Å². The normalized spacial score (nSPS) is 25.5. The van der Waals surface area contributed by atoms with Gasteiger partial charge in [0.2, 0.25) is 5.91 Å². The standard InChI is InChI=1S/C13H13NO3/c1-2-11(15)14-12-9-6-4-3-5-8(9)7-10(12)17-13(14)16/h3-6,10,12H,2,7H2,1H3/t10?,12-/m1/s1. The Kier molecular flexibility index (Phi) is 2.18. The number of amides is 2. The number of fused-ring (bicyclic) bond motifs is 3. The lowest BCUT2D eigenvalue weighted by Gasteiger charge is -2.18. The number of benzene rings is 1. The Morgan fingerprint density at radius 3 is 3.00 bits per heavy atom. The number of carbonyl (C=O) groups excluding carboxylic acids is 2. The highest BCUT2D eigenvalue weighted by molar-refractivity contribution is 5.94. The molecule has 1 aliphatic carbocycles. The maximum absolute atomic E-state index is 11.8. The molecule has 1 heterocycles. The molecule has 17 heavy (non-hydrogen) atoms. The molecule has 1 fully saturated rings. The van der Waals surface area contributed by atoms with Gasteiger partial charge < -0.3 is 4.74 Å². The summed E-state index contributed by atoms with van der Waals surface area (Å²) < 4.78 is 5.27. The first-order valence-corrected chi connectivity index (χ1v) is 5.83. The molecule has 1 aliphatic heterocycles. The predicted octanol–water partition coefficient (Wildman–Crippen LogP) is 2.04. The van der Waals surface area contributed by atoms with Gasteiger partial charge in [0.05, 0.1) is 0 Å². The Labute approximate surface area is 99.2 Å². The zero-order valence-corrected chi connectivity index (χ0v) is 9.55. The molecule has 1 saturated heterocycles. The Bertz CT molecular complexity index is 489. The van der Waals surface area contributed by atoms with Gasteiger partial charge in [-0.25, -0.2) is 9.69 Å². The predicted molar refractivity (Wildman–Crippen MR) is 60.3 cm³/mol. The van der Waals surface area contributed by atoms with Crippen LogP contribution in [-0.4, -0.2) is 23.0 Å². The van der Waals surface area contributed by atoms with Gasteiger partial charge in [-0.1, -0.05) is 31.2 Å². The summed E-state index contributed by atoms with van der Waals surface area (Å²) in [5, 5.41) is 0. The van der Waals surface area contributed by atoms with E-state index in [4.69, 9.17) is 4.74 Å². The molecule has 4 nitrogen and oxygen atoms in total. The second kappa shape index (κ2) is 3.58. The maximum atomic E-state index is 11.8. The average molecular weight is 231 g/mol. The van der Waals surface area contributed by atoms with Crippen LogP contribution in [0, 0.1) is 0 Å². The first-order valence-electron chi connectivity index (χ1n) is 5.83. The van der Waals surface area contributed by atoms with Crippen molar-refractivity contribution in [2.45, 2.75) is 31.9 Å². The van der Waals surface area contributed by atoms with E-state index in [1.165, 1.54) is 10.5 Å².